The standard InChI is InChI=1S/C14H21N3O7/c1-9(18)16-10(5-3-4-8-15-14(22)23-2)13(21)24-17-11(19)6-7-12(17)20/h10H,3-8H2,1-2H3,(H,15,22)(H,16,18). The van der Waals surface area contributed by atoms with E-state index in [0.717, 1.165) is 0 Å². The highest BCUT2D eigenvalue weighted by molar-refractivity contribution is 6.01. The van der Waals surface area contributed by atoms with E-state index in [0.29, 0.717) is 24.4 Å². The summed E-state index contributed by atoms with van der Waals surface area (Å²) in [5.41, 5.74) is 0. The van der Waals surface area contributed by atoms with Crippen molar-refractivity contribution in [3.8, 4) is 0 Å². The average molecular weight is 343 g/mol. The zero-order chi connectivity index (χ0) is 18.1. The summed E-state index contributed by atoms with van der Waals surface area (Å²) >= 11 is 0. The van der Waals surface area contributed by atoms with Crippen LogP contribution in [-0.2, 0) is 28.8 Å². The molecule has 10 nitrogen and oxygen atoms in total. The molecule has 10 heteroatoms. The molecule has 0 saturated carbocycles. The van der Waals surface area contributed by atoms with Crippen LogP contribution in [0.15, 0.2) is 0 Å². The second-order valence-electron chi connectivity index (χ2n) is 5.16. The molecule has 0 aliphatic carbocycles. The van der Waals surface area contributed by atoms with E-state index >= 15 is 0 Å². The molecule has 24 heavy (non-hydrogen) atoms. The lowest BCUT2D eigenvalue weighted by Crippen LogP contribution is -2.44. The SMILES string of the molecule is COC(=O)NCCCCC(NC(C)=O)C(=O)ON1C(=O)CCC1=O. The molecular formula is C14H21N3O7. The van der Waals surface area contributed by atoms with Gasteiger partial charge >= 0.3 is 12.1 Å². The number of carbonyl (C=O) groups is 5. The Morgan fingerprint density at radius 3 is 2.33 bits per heavy atom. The van der Waals surface area contributed by atoms with Crippen LogP contribution in [0.4, 0.5) is 4.79 Å². The van der Waals surface area contributed by atoms with E-state index in [9.17, 15) is 24.0 Å². The normalized spacial score (nSPS) is 15.0. The topological polar surface area (TPSA) is 131 Å². The maximum Gasteiger partial charge on any atom is 0.406 e. The molecule has 2 N–H and O–H groups in total. The first-order chi connectivity index (χ1) is 11.3. The molecule has 0 bridgehead atoms. The summed E-state index contributed by atoms with van der Waals surface area (Å²) in [6, 6.07) is -0.984. The van der Waals surface area contributed by atoms with Gasteiger partial charge in [0.05, 0.1) is 7.11 Å². The van der Waals surface area contributed by atoms with E-state index in [1.165, 1.54) is 14.0 Å². The van der Waals surface area contributed by atoms with E-state index < -0.39 is 35.8 Å². The Morgan fingerprint density at radius 1 is 1.17 bits per heavy atom. The smallest absolute Gasteiger partial charge is 0.406 e. The number of rotatable bonds is 8. The lowest BCUT2D eigenvalue weighted by molar-refractivity contribution is -0.199. The van der Waals surface area contributed by atoms with E-state index in [2.05, 4.69) is 15.4 Å². The Balaban J connectivity index is 2.47. The average Bonchev–Trinajstić information content (AvgIpc) is 2.84. The summed E-state index contributed by atoms with van der Waals surface area (Å²) in [6.07, 6.45) is 0.703. The van der Waals surface area contributed by atoms with Crippen molar-refractivity contribution in [2.24, 2.45) is 0 Å². The highest BCUT2D eigenvalue weighted by atomic mass is 16.7. The number of hydrogen-bond donors (Lipinski definition) is 2. The van der Waals surface area contributed by atoms with Gasteiger partial charge in [-0.15, -0.1) is 5.06 Å². The molecule has 0 aromatic heterocycles. The number of nitrogens with one attached hydrogen (secondary N) is 2. The monoisotopic (exact) mass is 343 g/mol. The number of amides is 4. The van der Waals surface area contributed by atoms with Crippen molar-refractivity contribution < 1.29 is 33.5 Å². The highest BCUT2D eigenvalue weighted by Crippen LogP contribution is 2.14. The number of unbranched alkanes of at least 4 members (excludes halogenated alkanes) is 1. The molecule has 1 atom stereocenters. The minimum absolute atomic E-state index is 0.00385. The summed E-state index contributed by atoms with van der Waals surface area (Å²) in [7, 11) is 1.25. The molecule has 1 heterocycles. The fourth-order valence-corrected chi connectivity index (χ4v) is 2.04. The van der Waals surface area contributed by atoms with E-state index in [4.69, 9.17) is 4.84 Å². The Bertz CT molecular complexity index is 504. The zero-order valence-corrected chi connectivity index (χ0v) is 13.6. The van der Waals surface area contributed by atoms with Gasteiger partial charge in [0.2, 0.25) is 5.91 Å². The molecule has 4 amide bonds. The Kier molecular flexibility index (Phi) is 7.66. The van der Waals surface area contributed by atoms with Crippen molar-refractivity contribution in [2.45, 2.75) is 45.1 Å². The van der Waals surface area contributed by atoms with Crippen LogP contribution < -0.4 is 10.6 Å². The molecule has 134 valence electrons. The summed E-state index contributed by atoms with van der Waals surface area (Å²) in [4.78, 5) is 61.8. The first kappa shape index (κ1) is 19.4. The number of nitrogens with zero attached hydrogens (tertiary/aromatic N) is 1. The van der Waals surface area contributed by atoms with Crippen LogP contribution in [0.2, 0.25) is 0 Å². The first-order valence-electron chi connectivity index (χ1n) is 7.51. The molecule has 0 spiro atoms. The van der Waals surface area contributed by atoms with Gasteiger partial charge in [-0.3, -0.25) is 14.4 Å². The van der Waals surface area contributed by atoms with Gasteiger partial charge in [-0.2, -0.15) is 0 Å². The molecule has 0 aromatic rings. The summed E-state index contributed by atoms with van der Waals surface area (Å²) in [5.74, 6) is -2.49. The Morgan fingerprint density at radius 2 is 1.79 bits per heavy atom. The van der Waals surface area contributed by atoms with Crippen LogP contribution in [0.5, 0.6) is 0 Å². The van der Waals surface area contributed by atoms with Crippen LogP contribution in [0.25, 0.3) is 0 Å². The minimum atomic E-state index is -0.984. The third-order valence-electron chi connectivity index (χ3n) is 3.22. The summed E-state index contributed by atoms with van der Waals surface area (Å²) < 4.78 is 4.41. The van der Waals surface area contributed by atoms with Crippen molar-refractivity contribution in [2.75, 3.05) is 13.7 Å². The molecule has 1 aliphatic heterocycles. The quantitative estimate of drug-likeness (QED) is 0.454. The van der Waals surface area contributed by atoms with Gasteiger partial charge in [0.1, 0.15) is 6.04 Å². The fraction of sp³-hybridized carbons (Fsp3) is 0.643. The maximum absolute atomic E-state index is 12.1. The largest absolute Gasteiger partial charge is 0.453 e. The third kappa shape index (κ3) is 6.23. The molecular weight excluding hydrogens is 322 g/mol. The lowest BCUT2D eigenvalue weighted by Gasteiger charge is -2.19. The number of alkyl carbamates (subject to hydrolysis) is 1. The van der Waals surface area contributed by atoms with Gasteiger partial charge in [-0.05, 0) is 19.3 Å². The minimum Gasteiger partial charge on any atom is -0.453 e. The van der Waals surface area contributed by atoms with Crippen molar-refractivity contribution >= 4 is 29.8 Å². The fourth-order valence-electron chi connectivity index (χ4n) is 2.04. The van der Waals surface area contributed by atoms with Crippen molar-refractivity contribution in [3.05, 3.63) is 0 Å². The number of carbonyl (C=O) groups excluding carboxylic acids is 5. The van der Waals surface area contributed by atoms with Crippen molar-refractivity contribution in [1.82, 2.24) is 15.7 Å². The van der Waals surface area contributed by atoms with Gasteiger partial charge in [0.15, 0.2) is 0 Å². The molecule has 1 aliphatic rings. The summed E-state index contributed by atoms with van der Waals surface area (Å²) in [6.45, 7) is 1.59. The zero-order valence-electron chi connectivity index (χ0n) is 13.6. The second-order valence-corrected chi connectivity index (χ2v) is 5.16. The van der Waals surface area contributed by atoms with Crippen LogP contribution in [-0.4, -0.2) is 54.5 Å². The van der Waals surface area contributed by atoms with Gasteiger partial charge in [0.25, 0.3) is 11.8 Å². The molecule has 1 rings (SSSR count). The first-order valence-corrected chi connectivity index (χ1v) is 7.51. The molecule has 1 saturated heterocycles. The van der Waals surface area contributed by atoms with Crippen LogP contribution in [0, 0.1) is 0 Å². The van der Waals surface area contributed by atoms with Crippen LogP contribution >= 0.6 is 0 Å². The number of methoxy groups -OCH3 is 1. The molecule has 1 unspecified atom stereocenters. The van der Waals surface area contributed by atoms with Gasteiger partial charge in [-0.25, -0.2) is 9.59 Å². The maximum atomic E-state index is 12.1. The van der Waals surface area contributed by atoms with Gasteiger partial charge < -0.3 is 20.2 Å². The Hall–Kier alpha value is -2.65. The van der Waals surface area contributed by atoms with Crippen LogP contribution in [0.1, 0.15) is 39.0 Å². The predicted octanol–water partition coefficient (Wildman–Crippen LogP) is -0.375. The van der Waals surface area contributed by atoms with E-state index in [1.54, 1.807) is 0 Å². The van der Waals surface area contributed by atoms with Gasteiger partial charge in [-0.1, -0.05) is 0 Å². The van der Waals surface area contributed by atoms with Crippen molar-refractivity contribution in [1.29, 1.82) is 0 Å². The number of hydrogen-bond acceptors (Lipinski definition) is 7. The highest BCUT2D eigenvalue weighted by Gasteiger charge is 2.34. The van der Waals surface area contributed by atoms with Gasteiger partial charge in [0, 0.05) is 26.3 Å². The molecule has 0 radical (unpaired) electrons. The molecule has 0 aromatic carbocycles. The van der Waals surface area contributed by atoms with E-state index in [1.807, 2.05) is 0 Å². The number of ether oxygens (including phenoxy) is 1. The number of imide groups is 1. The van der Waals surface area contributed by atoms with E-state index in [-0.39, 0.29) is 19.3 Å². The second kappa shape index (κ2) is 9.48. The molecule has 1 fully saturated rings. The predicted molar refractivity (Wildman–Crippen MR) is 79.0 cm³/mol. The lowest BCUT2D eigenvalue weighted by atomic mass is 10.1. The number of hydroxylamine groups is 2. The third-order valence-corrected chi connectivity index (χ3v) is 3.22. The Labute approximate surface area is 138 Å². The van der Waals surface area contributed by atoms with Crippen molar-refractivity contribution in [3.63, 3.8) is 0 Å². The van der Waals surface area contributed by atoms with Crippen LogP contribution in [0.3, 0.4) is 0 Å². The summed E-state index contributed by atoms with van der Waals surface area (Å²) in [5, 5.41) is 5.34.